The van der Waals surface area contributed by atoms with Crippen molar-refractivity contribution in [1.29, 1.82) is 0 Å². The van der Waals surface area contributed by atoms with E-state index in [1.807, 2.05) is 6.92 Å². The maximum atomic E-state index is 13.3. The molecule has 2 nitrogen and oxygen atoms in total. The van der Waals surface area contributed by atoms with Gasteiger partial charge in [-0.05, 0) is 43.1 Å². The zero-order chi connectivity index (χ0) is 15.9. The molecule has 0 heterocycles. The minimum absolute atomic E-state index is 0.0758. The van der Waals surface area contributed by atoms with Gasteiger partial charge in [-0.2, -0.15) is 13.2 Å². The van der Waals surface area contributed by atoms with Crippen molar-refractivity contribution in [2.75, 3.05) is 19.8 Å². The molecule has 0 aliphatic carbocycles. The summed E-state index contributed by atoms with van der Waals surface area (Å²) in [5.41, 5.74) is 0.700. The maximum Gasteiger partial charge on any atom is 0.411 e. The summed E-state index contributed by atoms with van der Waals surface area (Å²) in [5, 5.41) is 3.11. The van der Waals surface area contributed by atoms with Gasteiger partial charge in [-0.25, -0.2) is 4.39 Å². The molecule has 120 valence electrons. The third-order valence-corrected chi connectivity index (χ3v) is 3.13. The van der Waals surface area contributed by atoms with Crippen molar-refractivity contribution < 1.29 is 22.3 Å². The Morgan fingerprint density at radius 1 is 1.29 bits per heavy atom. The highest BCUT2D eigenvalue weighted by Gasteiger charge is 2.27. The molecule has 1 rings (SSSR count). The van der Waals surface area contributed by atoms with E-state index in [9.17, 15) is 17.6 Å². The van der Waals surface area contributed by atoms with Crippen molar-refractivity contribution in [1.82, 2.24) is 5.32 Å². The zero-order valence-corrected chi connectivity index (χ0v) is 13.2. The Labute approximate surface area is 130 Å². The predicted molar refractivity (Wildman–Crippen MR) is 76.8 cm³/mol. The summed E-state index contributed by atoms with van der Waals surface area (Å²) in [5.74, 6) is -0.384. The normalized spacial score (nSPS) is 13.4. The number of alkyl halides is 3. The van der Waals surface area contributed by atoms with Gasteiger partial charge in [0.15, 0.2) is 0 Å². The molecule has 7 heteroatoms. The lowest BCUT2D eigenvalue weighted by Gasteiger charge is -2.19. The standard InChI is InChI=1S/C14H18BrF4NO/c1-2-3-20-13(8-21-9-14(17,18)19)6-10-4-11(15)7-12(16)5-10/h4-5,7,13,20H,2-3,6,8-9H2,1H3. The van der Waals surface area contributed by atoms with Crippen molar-refractivity contribution in [2.45, 2.75) is 32.0 Å². The summed E-state index contributed by atoms with van der Waals surface area (Å²) in [6.45, 7) is 1.27. The molecule has 0 amide bonds. The fraction of sp³-hybridized carbons (Fsp3) is 0.571. The van der Waals surface area contributed by atoms with Crippen LogP contribution in [-0.4, -0.2) is 32.0 Å². The summed E-state index contributed by atoms with van der Waals surface area (Å²) in [6.07, 6.45) is -3.09. The lowest BCUT2D eigenvalue weighted by atomic mass is 10.1. The lowest BCUT2D eigenvalue weighted by Crippen LogP contribution is -2.37. The van der Waals surface area contributed by atoms with Crippen LogP contribution in [0.5, 0.6) is 0 Å². The van der Waals surface area contributed by atoms with Gasteiger partial charge < -0.3 is 10.1 Å². The molecule has 0 radical (unpaired) electrons. The van der Waals surface area contributed by atoms with E-state index in [4.69, 9.17) is 4.74 Å². The maximum absolute atomic E-state index is 13.3. The average molecular weight is 372 g/mol. The fourth-order valence-corrected chi connectivity index (χ4v) is 2.38. The Bertz CT molecular complexity index is 419. The minimum Gasteiger partial charge on any atom is -0.370 e. The van der Waals surface area contributed by atoms with Gasteiger partial charge >= 0.3 is 6.18 Å². The van der Waals surface area contributed by atoms with Gasteiger partial charge in [0.2, 0.25) is 0 Å². The first kappa shape index (κ1) is 18.4. The number of hydrogen-bond donors (Lipinski definition) is 1. The first-order valence-corrected chi connectivity index (χ1v) is 7.42. The van der Waals surface area contributed by atoms with Crippen LogP contribution < -0.4 is 5.32 Å². The first-order valence-electron chi connectivity index (χ1n) is 6.63. The Balaban J connectivity index is 2.59. The van der Waals surface area contributed by atoms with Crippen LogP contribution in [0, 0.1) is 5.82 Å². The largest absolute Gasteiger partial charge is 0.411 e. The van der Waals surface area contributed by atoms with E-state index in [0.717, 1.165) is 6.42 Å². The van der Waals surface area contributed by atoms with E-state index < -0.39 is 12.8 Å². The highest BCUT2D eigenvalue weighted by Crippen LogP contribution is 2.17. The van der Waals surface area contributed by atoms with Gasteiger partial charge in [-0.15, -0.1) is 0 Å². The highest BCUT2D eigenvalue weighted by atomic mass is 79.9. The molecule has 1 aromatic rings. The van der Waals surface area contributed by atoms with Gasteiger partial charge in [0.05, 0.1) is 6.61 Å². The molecule has 0 saturated heterocycles. The molecule has 1 aromatic carbocycles. The topological polar surface area (TPSA) is 21.3 Å². The molecule has 0 aromatic heterocycles. The average Bonchev–Trinajstić information content (AvgIpc) is 2.32. The molecule has 1 N–H and O–H groups in total. The molecule has 0 spiro atoms. The van der Waals surface area contributed by atoms with Gasteiger partial charge in [0.1, 0.15) is 12.4 Å². The van der Waals surface area contributed by atoms with E-state index in [1.165, 1.54) is 12.1 Å². The molecule has 0 fully saturated rings. The second kappa shape index (κ2) is 8.70. The molecule has 1 unspecified atom stereocenters. The quantitative estimate of drug-likeness (QED) is 0.695. The molecule has 21 heavy (non-hydrogen) atoms. The molecule has 0 aliphatic rings. The van der Waals surface area contributed by atoms with E-state index in [1.54, 1.807) is 6.07 Å². The number of halogens is 5. The van der Waals surface area contributed by atoms with E-state index in [-0.39, 0.29) is 18.5 Å². The SMILES string of the molecule is CCCNC(COCC(F)(F)F)Cc1cc(F)cc(Br)c1. The predicted octanol–water partition coefficient (Wildman–Crippen LogP) is 4.08. The van der Waals surface area contributed by atoms with Gasteiger partial charge in [-0.1, -0.05) is 22.9 Å². The first-order chi connectivity index (χ1) is 9.80. The molecular formula is C14H18BrF4NO. The summed E-state index contributed by atoms with van der Waals surface area (Å²) in [4.78, 5) is 0. The second-order valence-corrected chi connectivity index (χ2v) is 5.68. The van der Waals surface area contributed by atoms with E-state index >= 15 is 0 Å². The van der Waals surface area contributed by atoms with E-state index in [0.29, 0.717) is 23.0 Å². The van der Waals surface area contributed by atoms with Crippen LogP contribution in [0.25, 0.3) is 0 Å². The van der Waals surface area contributed by atoms with Crippen molar-refractivity contribution in [3.8, 4) is 0 Å². The van der Waals surface area contributed by atoms with Crippen molar-refractivity contribution in [2.24, 2.45) is 0 Å². The van der Waals surface area contributed by atoms with Gasteiger partial charge in [0.25, 0.3) is 0 Å². The van der Waals surface area contributed by atoms with Crippen LogP contribution in [0.1, 0.15) is 18.9 Å². The zero-order valence-electron chi connectivity index (χ0n) is 11.6. The number of nitrogens with one attached hydrogen (secondary N) is 1. The van der Waals surface area contributed by atoms with Gasteiger partial charge in [-0.3, -0.25) is 0 Å². The number of rotatable bonds is 8. The second-order valence-electron chi connectivity index (χ2n) is 4.76. The van der Waals surface area contributed by atoms with Crippen LogP contribution in [-0.2, 0) is 11.2 Å². The van der Waals surface area contributed by atoms with Crippen LogP contribution in [0.3, 0.4) is 0 Å². The van der Waals surface area contributed by atoms with Crippen LogP contribution in [0.4, 0.5) is 17.6 Å². The van der Waals surface area contributed by atoms with E-state index in [2.05, 4.69) is 21.2 Å². The Kier molecular flexibility index (Phi) is 7.62. The smallest absolute Gasteiger partial charge is 0.370 e. The summed E-state index contributed by atoms with van der Waals surface area (Å²) in [7, 11) is 0. The molecule has 0 aliphatic heterocycles. The van der Waals surface area contributed by atoms with Crippen molar-refractivity contribution >= 4 is 15.9 Å². The van der Waals surface area contributed by atoms with Crippen LogP contribution >= 0.6 is 15.9 Å². The summed E-state index contributed by atoms with van der Waals surface area (Å²) >= 11 is 3.19. The number of hydrogen-bond acceptors (Lipinski definition) is 2. The van der Waals surface area contributed by atoms with Crippen molar-refractivity contribution in [3.63, 3.8) is 0 Å². The summed E-state index contributed by atoms with van der Waals surface area (Å²) in [6, 6.07) is 4.15. The molecule has 1 atom stereocenters. The van der Waals surface area contributed by atoms with Gasteiger partial charge in [0, 0.05) is 10.5 Å². The molecular weight excluding hydrogens is 354 g/mol. The fourth-order valence-electron chi connectivity index (χ4n) is 1.87. The number of ether oxygens (including phenoxy) is 1. The van der Waals surface area contributed by atoms with Crippen LogP contribution in [0.2, 0.25) is 0 Å². The van der Waals surface area contributed by atoms with Crippen LogP contribution in [0.15, 0.2) is 22.7 Å². The third-order valence-electron chi connectivity index (χ3n) is 2.67. The monoisotopic (exact) mass is 371 g/mol. The Morgan fingerprint density at radius 2 is 2.00 bits per heavy atom. The van der Waals surface area contributed by atoms with Crippen molar-refractivity contribution in [3.05, 3.63) is 34.1 Å². The Hall–Kier alpha value is -0.660. The highest BCUT2D eigenvalue weighted by molar-refractivity contribution is 9.10. The molecule has 0 saturated carbocycles. The third kappa shape index (κ3) is 8.38. The molecule has 0 bridgehead atoms. The number of benzene rings is 1. The lowest BCUT2D eigenvalue weighted by molar-refractivity contribution is -0.175. The summed E-state index contributed by atoms with van der Waals surface area (Å²) < 4.78 is 54.9. The Morgan fingerprint density at radius 3 is 2.57 bits per heavy atom. The minimum atomic E-state index is -4.34.